The molecule has 0 radical (unpaired) electrons. The van der Waals surface area contributed by atoms with Crippen molar-refractivity contribution >= 4 is 29.2 Å². The number of rotatable bonds is 9. The molecule has 2 aromatic carbocycles. The molecule has 0 bridgehead atoms. The molecule has 37 heavy (non-hydrogen) atoms. The molecule has 0 fully saturated rings. The molecule has 2 heterocycles. The third kappa shape index (κ3) is 5.92. The quantitative estimate of drug-likeness (QED) is 0.225. The second-order valence-corrected chi connectivity index (χ2v) is 8.39. The molecule has 0 aliphatic carbocycles. The lowest BCUT2D eigenvalue weighted by atomic mass is 10.1. The van der Waals surface area contributed by atoms with E-state index in [0.29, 0.717) is 23.5 Å². The fraction of sp³-hybridized carbons (Fsp3) is 0.179. The number of pyridine rings is 1. The molecule has 0 aliphatic rings. The summed E-state index contributed by atoms with van der Waals surface area (Å²) in [5.41, 5.74) is 3.16. The van der Waals surface area contributed by atoms with E-state index in [4.69, 9.17) is 25.8 Å². The molecule has 0 saturated carbocycles. The first-order chi connectivity index (χ1) is 17.9. The number of benzene rings is 2. The van der Waals surface area contributed by atoms with Gasteiger partial charge in [-0.2, -0.15) is 0 Å². The first kappa shape index (κ1) is 25.8. The molecule has 9 heteroatoms. The summed E-state index contributed by atoms with van der Waals surface area (Å²) >= 11 is 6.09. The number of hydrogen-bond donors (Lipinski definition) is 1. The van der Waals surface area contributed by atoms with Gasteiger partial charge in [0.2, 0.25) is 5.88 Å². The van der Waals surface area contributed by atoms with Gasteiger partial charge in [0.05, 0.1) is 26.5 Å². The Morgan fingerprint density at radius 2 is 1.73 bits per heavy atom. The monoisotopic (exact) mass is 519 g/mol. The van der Waals surface area contributed by atoms with Gasteiger partial charge in [0.15, 0.2) is 5.69 Å². The molecule has 0 saturated heterocycles. The molecule has 0 atom stereocenters. The third-order valence-electron chi connectivity index (χ3n) is 5.62. The van der Waals surface area contributed by atoms with Crippen molar-refractivity contribution in [3.05, 3.63) is 94.9 Å². The highest BCUT2D eigenvalue weighted by molar-refractivity contribution is 6.30. The Kier molecular flexibility index (Phi) is 8.10. The molecule has 0 unspecified atom stereocenters. The van der Waals surface area contributed by atoms with Crippen molar-refractivity contribution in [2.75, 3.05) is 26.1 Å². The van der Waals surface area contributed by atoms with Crippen molar-refractivity contribution in [1.29, 1.82) is 0 Å². The normalized spacial score (nSPS) is 10.6. The lowest BCUT2D eigenvalue weighted by Gasteiger charge is -2.13. The van der Waals surface area contributed by atoms with E-state index in [1.54, 1.807) is 18.6 Å². The number of anilines is 1. The van der Waals surface area contributed by atoms with Gasteiger partial charge in [-0.1, -0.05) is 54.1 Å². The maximum Gasteiger partial charge on any atom is 0.357 e. The van der Waals surface area contributed by atoms with Gasteiger partial charge in [-0.3, -0.25) is 4.79 Å². The predicted molar refractivity (Wildman–Crippen MR) is 142 cm³/mol. The Morgan fingerprint density at radius 3 is 2.38 bits per heavy atom. The molecule has 4 rings (SSSR count). The maximum absolute atomic E-state index is 13.4. The first-order valence-corrected chi connectivity index (χ1v) is 11.9. The van der Waals surface area contributed by atoms with E-state index in [2.05, 4.69) is 10.3 Å². The van der Waals surface area contributed by atoms with Gasteiger partial charge in [-0.15, -0.1) is 0 Å². The van der Waals surface area contributed by atoms with Crippen molar-refractivity contribution in [2.24, 2.45) is 0 Å². The summed E-state index contributed by atoms with van der Waals surface area (Å²) < 4.78 is 17.6. The molecule has 2 aromatic heterocycles. The molecular weight excluding hydrogens is 494 g/mol. The van der Waals surface area contributed by atoms with Crippen LogP contribution in [0.15, 0.2) is 72.9 Å². The zero-order chi connectivity index (χ0) is 26.4. The van der Waals surface area contributed by atoms with Gasteiger partial charge in [0.1, 0.15) is 10.9 Å². The van der Waals surface area contributed by atoms with Gasteiger partial charge in [-0.05, 0) is 36.2 Å². The van der Waals surface area contributed by atoms with Gasteiger partial charge in [-0.25, -0.2) is 9.78 Å². The number of aromatic nitrogens is 2. The zero-order valence-corrected chi connectivity index (χ0v) is 21.4. The number of carbonyl (C=O) groups excluding carboxylic acids is 2. The minimum atomic E-state index is -0.557. The van der Waals surface area contributed by atoms with Crippen LogP contribution in [-0.2, 0) is 11.3 Å². The van der Waals surface area contributed by atoms with E-state index in [1.807, 2.05) is 60.8 Å². The highest BCUT2D eigenvalue weighted by Gasteiger charge is 2.26. The van der Waals surface area contributed by atoms with Crippen LogP contribution < -0.4 is 14.8 Å². The summed E-state index contributed by atoms with van der Waals surface area (Å²) in [6.45, 7) is 2.30. The second kappa shape index (κ2) is 11.6. The number of hydrogen-bond acceptors (Lipinski definition) is 6. The lowest BCUT2D eigenvalue weighted by molar-refractivity contribution is 0.0515. The van der Waals surface area contributed by atoms with Crippen molar-refractivity contribution in [3.8, 4) is 22.8 Å². The highest BCUT2D eigenvalue weighted by Crippen LogP contribution is 2.36. The Labute approximate surface area is 219 Å². The second-order valence-electron chi connectivity index (χ2n) is 8.00. The largest absolute Gasteiger partial charge is 0.497 e. The van der Waals surface area contributed by atoms with Crippen LogP contribution in [0.3, 0.4) is 0 Å². The fourth-order valence-corrected chi connectivity index (χ4v) is 4.09. The van der Waals surface area contributed by atoms with Crippen molar-refractivity contribution < 1.29 is 23.8 Å². The van der Waals surface area contributed by atoms with Crippen molar-refractivity contribution in [3.63, 3.8) is 0 Å². The van der Waals surface area contributed by atoms with Crippen LogP contribution in [0.5, 0.6) is 11.6 Å². The summed E-state index contributed by atoms with van der Waals surface area (Å²) in [6.07, 6.45) is 1.83. The fourth-order valence-electron chi connectivity index (χ4n) is 3.89. The smallest absolute Gasteiger partial charge is 0.357 e. The van der Waals surface area contributed by atoms with Crippen molar-refractivity contribution in [2.45, 2.75) is 13.5 Å². The van der Waals surface area contributed by atoms with E-state index >= 15 is 0 Å². The maximum atomic E-state index is 13.4. The van der Waals surface area contributed by atoms with Crippen LogP contribution in [0.4, 0.5) is 5.69 Å². The van der Waals surface area contributed by atoms with Crippen LogP contribution in [0.25, 0.3) is 11.1 Å². The summed E-state index contributed by atoms with van der Waals surface area (Å²) in [5, 5.41) is 3.02. The van der Waals surface area contributed by atoms with E-state index in [-0.39, 0.29) is 28.9 Å². The zero-order valence-electron chi connectivity index (χ0n) is 20.7. The Morgan fingerprint density at radius 1 is 1.00 bits per heavy atom. The SMILES string of the molecule is CCOC(=O)c1c(NC(=O)c2cc(Cl)nc(OC)c2)c(-c2ccc(OC)cc2)cn1Cc1ccccc1. The third-order valence-corrected chi connectivity index (χ3v) is 5.82. The number of nitrogens with zero attached hydrogens (tertiary/aromatic N) is 2. The molecular formula is C28H26ClN3O5. The average Bonchev–Trinajstić information content (AvgIpc) is 3.26. The van der Waals surface area contributed by atoms with Crippen molar-refractivity contribution in [1.82, 2.24) is 9.55 Å². The van der Waals surface area contributed by atoms with E-state index in [1.165, 1.54) is 19.2 Å². The number of esters is 1. The predicted octanol–water partition coefficient (Wildman–Crippen LogP) is 5.70. The topological polar surface area (TPSA) is 91.7 Å². The molecule has 8 nitrogen and oxygen atoms in total. The molecule has 4 aromatic rings. The standard InChI is InChI=1S/C28H26ClN3O5/c1-4-37-28(34)26-25(31-27(33)20-14-23(29)30-24(15-20)36-3)22(19-10-12-21(35-2)13-11-19)17-32(26)16-18-8-6-5-7-9-18/h5-15,17H,4,16H2,1-3H3,(H,31,33). The first-order valence-electron chi connectivity index (χ1n) is 11.5. The average molecular weight is 520 g/mol. The number of methoxy groups -OCH3 is 2. The molecule has 1 amide bonds. The number of amides is 1. The summed E-state index contributed by atoms with van der Waals surface area (Å²) in [7, 11) is 3.02. The molecule has 1 N–H and O–H groups in total. The Hall–Kier alpha value is -4.30. The number of nitrogens with one attached hydrogen (secondary N) is 1. The van der Waals surface area contributed by atoms with Crippen LogP contribution in [0.1, 0.15) is 33.3 Å². The summed E-state index contributed by atoms with van der Waals surface area (Å²) in [6, 6.07) is 19.9. The summed E-state index contributed by atoms with van der Waals surface area (Å²) in [5.74, 6) is -0.165. The van der Waals surface area contributed by atoms with Crippen LogP contribution in [-0.4, -0.2) is 42.3 Å². The number of carbonyl (C=O) groups is 2. The van der Waals surface area contributed by atoms with Gasteiger partial charge < -0.3 is 24.1 Å². The van der Waals surface area contributed by atoms with Crippen LogP contribution in [0.2, 0.25) is 5.15 Å². The van der Waals surface area contributed by atoms with Crippen LogP contribution >= 0.6 is 11.6 Å². The van der Waals surface area contributed by atoms with Gasteiger partial charge in [0, 0.05) is 29.9 Å². The molecule has 0 aliphatic heterocycles. The Balaban J connectivity index is 1.86. The van der Waals surface area contributed by atoms with Gasteiger partial charge in [0.25, 0.3) is 5.91 Å². The lowest BCUT2D eigenvalue weighted by Crippen LogP contribution is -2.18. The minimum Gasteiger partial charge on any atom is -0.497 e. The number of ether oxygens (including phenoxy) is 3. The van der Waals surface area contributed by atoms with Crippen LogP contribution in [0, 0.1) is 0 Å². The molecule has 0 spiro atoms. The van der Waals surface area contributed by atoms with E-state index in [0.717, 1.165) is 11.1 Å². The van der Waals surface area contributed by atoms with E-state index in [9.17, 15) is 9.59 Å². The van der Waals surface area contributed by atoms with E-state index < -0.39 is 11.9 Å². The summed E-state index contributed by atoms with van der Waals surface area (Å²) in [4.78, 5) is 30.6. The minimum absolute atomic E-state index is 0.104. The number of halogens is 1. The highest BCUT2D eigenvalue weighted by atomic mass is 35.5. The van der Waals surface area contributed by atoms with Gasteiger partial charge >= 0.3 is 5.97 Å². The molecule has 190 valence electrons. The Bertz CT molecular complexity index is 1400.